The molecule has 0 unspecified atom stereocenters. The summed E-state index contributed by atoms with van der Waals surface area (Å²) in [6.45, 7) is 0. The highest BCUT2D eigenvalue weighted by atomic mass is 19.4. The number of nitrogens with two attached hydrogens (primary N) is 1. The number of aliphatic hydroxyl groups excluding tert-OH is 1. The number of amides is 2. The number of nitrogens with one attached hydrogen (secondary N) is 1. The Labute approximate surface area is 158 Å². The number of primary amides is 1. The number of halogens is 3. The van der Waals surface area contributed by atoms with Gasteiger partial charge in [-0.25, -0.2) is 0 Å². The lowest BCUT2D eigenvalue weighted by atomic mass is 10.0. The minimum Gasteiger partial charge on any atom is -0.378 e. The first-order valence-electron chi connectivity index (χ1n) is 8.05. The van der Waals surface area contributed by atoms with Gasteiger partial charge in [0.25, 0.3) is 5.91 Å². The van der Waals surface area contributed by atoms with Crippen LogP contribution in [0.15, 0.2) is 48.5 Å². The maximum atomic E-state index is 12.6. The van der Waals surface area contributed by atoms with Gasteiger partial charge in [-0.3, -0.25) is 9.59 Å². The predicted molar refractivity (Wildman–Crippen MR) is 92.4 cm³/mol. The molecule has 0 spiro atoms. The number of benzene rings is 2. The van der Waals surface area contributed by atoms with E-state index in [2.05, 4.69) is 5.32 Å². The molecule has 0 aliphatic heterocycles. The molecule has 2 aromatic rings. The van der Waals surface area contributed by atoms with Crippen LogP contribution in [0.1, 0.15) is 28.4 Å². The van der Waals surface area contributed by atoms with E-state index in [1.807, 2.05) is 6.07 Å². The Kier molecular flexibility index (Phi) is 6.38. The molecule has 2 atom stereocenters. The Hall–Kier alpha value is -3.38. The molecule has 0 bridgehead atoms. The lowest BCUT2D eigenvalue weighted by molar-refractivity contribution is -0.137. The van der Waals surface area contributed by atoms with E-state index in [1.165, 1.54) is 12.1 Å². The summed E-state index contributed by atoms with van der Waals surface area (Å²) < 4.78 is 37.8. The van der Waals surface area contributed by atoms with Crippen LogP contribution in [0, 0.1) is 11.3 Å². The van der Waals surface area contributed by atoms with Crippen LogP contribution in [0.25, 0.3) is 0 Å². The normalized spacial score (nSPS) is 13.2. The van der Waals surface area contributed by atoms with Crippen molar-refractivity contribution < 1.29 is 27.9 Å². The second-order valence-electron chi connectivity index (χ2n) is 6.00. The minimum atomic E-state index is -4.54. The predicted octanol–water partition coefficient (Wildman–Crippen LogP) is 1.82. The van der Waals surface area contributed by atoms with E-state index < -0.39 is 35.7 Å². The Morgan fingerprint density at radius 3 is 2.14 bits per heavy atom. The molecule has 2 aromatic carbocycles. The minimum absolute atomic E-state index is 0.0204. The molecule has 9 heteroatoms. The first-order chi connectivity index (χ1) is 13.1. The fourth-order valence-electron chi connectivity index (χ4n) is 2.43. The van der Waals surface area contributed by atoms with E-state index in [4.69, 9.17) is 11.0 Å². The second kappa shape index (κ2) is 8.54. The highest BCUT2D eigenvalue weighted by molar-refractivity contribution is 5.89. The third-order valence-electron chi connectivity index (χ3n) is 3.98. The van der Waals surface area contributed by atoms with Gasteiger partial charge in [-0.2, -0.15) is 18.4 Å². The van der Waals surface area contributed by atoms with Crippen LogP contribution in [-0.2, 0) is 22.2 Å². The molecule has 0 saturated carbocycles. The van der Waals surface area contributed by atoms with Gasteiger partial charge in [-0.15, -0.1) is 0 Å². The summed E-state index contributed by atoms with van der Waals surface area (Å²) in [5, 5.41) is 21.1. The summed E-state index contributed by atoms with van der Waals surface area (Å²) in [6.07, 6.45) is -6.29. The first-order valence-corrected chi connectivity index (χ1v) is 8.05. The molecule has 0 heterocycles. The number of aliphatic hydroxyl groups is 1. The van der Waals surface area contributed by atoms with Gasteiger partial charge in [0.1, 0.15) is 6.04 Å². The zero-order valence-corrected chi connectivity index (χ0v) is 14.4. The number of carbonyl (C=O) groups excluding carboxylic acids is 2. The van der Waals surface area contributed by atoms with Gasteiger partial charge in [0.15, 0.2) is 6.10 Å². The quantitative estimate of drug-likeness (QED) is 0.696. The van der Waals surface area contributed by atoms with E-state index in [0.717, 1.165) is 24.3 Å². The molecule has 146 valence electrons. The van der Waals surface area contributed by atoms with Crippen LogP contribution < -0.4 is 11.1 Å². The average Bonchev–Trinajstić information content (AvgIpc) is 2.66. The van der Waals surface area contributed by atoms with Crippen LogP contribution in [0.2, 0.25) is 0 Å². The van der Waals surface area contributed by atoms with Crippen LogP contribution in [0.3, 0.4) is 0 Å². The van der Waals surface area contributed by atoms with Crippen molar-refractivity contribution in [3.05, 3.63) is 70.8 Å². The molecular formula is C19H16F3N3O3. The highest BCUT2D eigenvalue weighted by Crippen LogP contribution is 2.30. The zero-order chi connectivity index (χ0) is 20.9. The van der Waals surface area contributed by atoms with Gasteiger partial charge in [0, 0.05) is 6.42 Å². The van der Waals surface area contributed by atoms with Gasteiger partial charge in [-0.05, 0) is 35.4 Å². The van der Waals surface area contributed by atoms with Crippen LogP contribution >= 0.6 is 0 Å². The molecule has 0 aromatic heterocycles. The van der Waals surface area contributed by atoms with Gasteiger partial charge in [-0.1, -0.05) is 24.3 Å². The molecule has 2 amide bonds. The van der Waals surface area contributed by atoms with Crippen LogP contribution in [0.4, 0.5) is 13.2 Å². The van der Waals surface area contributed by atoms with E-state index in [0.29, 0.717) is 11.1 Å². The van der Waals surface area contributed by atoms with Gasteiger partial charge in [0.2, 0.25) is 5.91 Å². The smallest absolute Gasteiger partial charge is 0.378 e. The van der Waals surface area contributed by atoms with Crippen molar-refractivity contribution in [1.29, 1.82) is 5.26 Å². The molecule has 6 nitrogen and oxygen atoms in total. The van der Waals surface area contributed by atoms with Crippen LogP contribution in [-0.4, -0.2) is 23.0 Å². The number of hydrogen-bond acceptors (Lipinski definition) is 4. The van der Waals surface area contributed by atoms with Crippen molar-refractivity contribution >= 4 is 11.8 Å². The van der Waals surface area contributed by atoms with Crippen molar-refractivity contribution in [3.8, 4) is 6.07 Å². The molecule has 0 radical (unpaired) electrons. The zero-order valence-electron chi connectivity index (χ0n) is 14.4. The Morgan fingerprint density at radius 2 is 1.68 bits per heavy atom. The number of carbonyl (C=O) groups is 2. The Morgan fingerprint density at radius 1 is 1.11 bits per heavy atom. The fourth-order valence-corrected chi connectivity index (χ4v) is 2.43. The molecular weight excluding hydrogens is 375 g/mol. The third kappa shape index (κ3) is 5.31. The topological polar surface area (TPSA) is 116 Å². The number of nitriles is 1. The summed E-state index contributed by atoms with van der Waals surface area (Å²) in [5.41, 5.74) is 5.34. The average molecular weight is 391 g/mol. The van der Waals surface area contributed by atoms with Gasteiger partial charge in [0.05, 0.1) is 17.2 Å². The second-order valence-corrected chi connectivity index (χ2v) is 6.00. The molecule has 2 rings (SSSR count). The first kappa shape index (κ1) is 20.9. The standard InChI is InChI=1S/C19H16F3N3O3/c20-19(21,22)14-7-5-13(6-8-14)16(26)18(28)25-15(17(24)27)9-11-1-3-12(10-23)4-2-11/h1-8,15-16,26H,9H2,(H2,24,27)(H,25,28)/t15-,16+/m0/s1. The number of nitrogens with zero attached hydrogens (tertiary/aromatic N) is 1. The van der Waals surface area contributed by atoms with E-state index in [1.54, 1.807) is 12.1 Å². The molecule has 0 fully saturated rings. The molecule has 0 saturated heterocycles. The lowest BCUT2D eigenvalue weighted by Crippen LogP contribution is -2.47. The van der Waals surface area contributed by atoms with Crippen molar-refractivity contribution in [3.63, 3.8) is 0 Å². The molecule has 0 aliphatic rings. The van der Waals surface area contributed by atoms with Crippen LogP contribution in [0.5, 0.6) is 0 Å². The Balaban J connectivity index is 2.08. The lowest BCUT2D eigenvalue weighted by Gasteiger charge is -2.19. The third-order valence-corrected chi connectivity index (χ3v) is 3.98. The van der Waals surface area contributed by atoms with E-state index in [-0.39, 0.29) is 12.0 Å². The fraction of sp³-hybridized carbons (Fsp3) is 0.211. The van der Waals surface area contributed by atoms with E-state index >= 15 is 0 Å². The molecule has 0 aliphatic carbocycles. The maximum absolute atomic E-state index is 12.6. The molecule has 28 heavy (non-hydrogen) atoms. The monoisotopic (exact) mass is 391 g/mol. The van der Waals surface area contributed by atoms with Crippen molar-refractivity contribution in [1.82, 2.24) is 5.32 Å². The summed E-state index contributed by atoms with van der Waals surface area (Å²) in [6, 6.07) is 10.5. The summed E-state index contributed by atoms with van der Waals surface area (Å²) >= 11 is 0. The van der Waals surface area contributed by atoms with E-state index in [9.17, 15) is 27.9 Å². The number of hydrogen-bond donors (Lipinski definition) is 3. The SMILES string of the molecule is N#Cc1ccc(C[C@H](NC(=O)[C@H](O)c2ccc(C(F)(F)F)cc2)C(N)=O)cc1. The highest BCUT2D eigenvalue weighted by Gasteiger charge is 2.31. The summed E-state index contributed by atoms with van der Waals surface area (Å²) in [4.78, 5) is 23.8. The largest absolute Gasteiger partial charge is 0.416 e. The summed E-state index contributed by atoms with van der Waals surface area (Å²) in [7, 11) is 0. The molecule has 4 N–H and O–H groups in total. The number of alkyl halides is 3. The summed E-state index contributed by atoms with van der Waals surface area (Å²) in [5.74, 6) is -1.82. The Bertz CT molecular complexity index is 888. The van der Waals surface area contributed by atoms with Gasteiger partial charge < -0.3 is 16.2 Å². The van der Waals surface area contributed by atoms with Crippen molar-refractivity contribution in [2.75, 3.05) is 0 Å². The van der Waals surface area contributed by atoms with Crippen molar-refractivity contribution in [2.45, 2.75) is 24.7 Å². The van der Waals surface area contributed by atoms with Gasteiger partial charge >= 0.3 is 6.18 Å². The maximum Gasteiger partial charge on any atom is 0.416 e. The van der Waals surface area contributed by atoms with Crippen molar-refractivity contribution in [2.24, 2.45) is 5.73 Å². The number of rotatable bonds is 6.